The molecular formula is C34H46N2O4S. The van der Waals surface area contributed by atoms with E-state index in [1.807, 2.05) is 47.4 Å². The third-order valence-electron chi connectivity index (χ3n) is 7.08. The van der Waals surface area contributed by atoms with Crippen molar-refractivity contribution in [1.82, 2.24) is 9.80 Å². The average Bonchev–Trinajstić information content (AvgIpc) is 3.38. The van der Waals surface area contributed by atoms with Crippen LogP contribution >= 0.6 is 11.3 Å². The molecule has 41 heavy (non-hydrogen) atoms. The van der Waals surface area contributed by atoms with Crippen LogP contribution < -0.4 is 9.47 Å². The predicted molar refractivity (Wildman–Crippen MR) is 168 cm³/mol. The Morgan fingerprint density at radius 1 is 0.854 bits per heavy atom. The van der Waals surface area contributed by atoms with Crippen molar-refractivity contribution in [1.29, 1.82) is 0 Å². The molecule has 0 fully saturated rings. The molecule has 0 saturated carbocycles. The second-order valence-electron chi connectivity index (χ2n) is 11.0. The Morgan fingerprint density at radius 3 is 2.17 bits per heavy atom. The van der Waals surface area contributed by atoms with E-state index in [-0.39, 0.29) is 24.3 Å². The van der Waals surface area contributed by atoms with Gasteiger partial charge in [0.1, 0.15) is 6.54 Å². The first kappa shape index (κ1) is 32.2. The van der Waals surface area contributed by atoms with Gasteiger partial charge in [-0.3, -0.25) is 9.59 Å². The number of hydrogen-bond acceptors (Lipinski definition) is 5. The van der Waals surface area contributed by atoms with Crippen LogP contribution in [0.25, 0.3) is 0 Å². The Balaban J connectivity index is 1.76. The summed E-state index contributed by atoms with van der Waals surface area (Å²) >= 11 is 1.70. The summed E-state index contributed by atoms with van der Waals surface area (Å²) in [7, 11) is 3.24. The van der Waals surface area contributed by atoms with Gasteiger partial charge >= 0.3 is 0 Å². The number of nitrogens with zero attached hydrogens (tertiary/aromatic N) is 2. The van der Waals surface area contributed by atoms with Gasteiger partial charge in [-0.15, -0.1) is 11.3 Å². The molecule has 0 bridgehead atoms. The number of rotatable bonds is 16. The molecule has 1 heterocycles. The summed E-state index contributed by atoms with van der Waals surface area (Å²) in [6, 6.07) is 17.9. The van der Waals surface area contributed by atoms with Crippen LogP contribution in [0.3, 0.4) is 0 Å². The second kappa shape index (κ2) is 16.2. The molecule has 0 radical (unpaired) electrons. The Hall–Kier alpha value is -3.32. The number of ether oxygens (including phenoxy) is 2. The van der Waals surface area contributed by atoms with Crippen LogP contribution in [0.2, 0.25) is 0 Å². The van der Waals surface area contributed by atoms with E-state index in [1.165, 1.54) is 23.3 Å². The zero-order valence-electron chi connectivity index (χ0n) is 25.6. The van der Waals surface area contributed by atoms with E-state index in [1.54, 1.807) is 30.5 Å². The van der Waals surface area contributed by atoms with Crippen molar-refractivity contribution in [2.75, 3.05) is 33.9 Å². The maximum atomic E-state index is 13.8. The first-order valence-corrected chi connectivity index (χ1v) is 15.5. The zero-order chi connectivity index (χ0) is 29.8. The van der Waals surface area contributed by atoms with Gasteiger partial charge in [0.2, 0.25) is 5.91 Å². The van der Waals surface area contributed by atoms with Crippen LogP contribution in [0.1, 0.15) is 71.3 Å². The number of methoxy groups -OCH3 is 2. The van der Waals surface area contributed by atoms with Crippen LogP contribution in [0, 0.1) is 12.8 Å². The van der Waals surface area contributed by atoms with Crippen LogP contribution in [0.4, 0.5) is 0 Å². The van der Waals surface area contributed by atoms with Gasteiger partial charge in [-0.2, -0.15) is 0 Å². The molecule has 0 unspecified atom stereocenters. The molecule has 0 atom stereocenters. The highest BCUT2D eigenvalue weighted by Crippen LogP contribution is 2.28. The Labute approximate surface area is 250 Å². The third-order valence-corrected chi connectivity index (χ3v) is 8.07. The van der Waals surface area contributed by atoms with E-state index >= 15 is 0 Å². The first-order chi connectivity index (χ1) is 19.7. The largest absolute Gasteiger partial charge is 0.493 e. The molecule has 7 heteroatoms. The van der Waals surface area contributed by atoms with Crippen LogP contribution in [-0.4, -0.2) is 55.5 Å². The third kappa shape index (κ3) is 9.92. The lowest BCUT2D eigenvalue weighted by Crippen LogP contribution is -2.44. The van der Waals surface area contributed by atoms with Crippen molar-refractivity contribution in [2.45, 2.75) is 66.3 Å². The second-order valence-corrected chi connectivity index (χ2v) is 12.4. The van der Waals surface area contributed by atoms with E-state index in [0.717, 1.165) is 23.3 Å². The van der Waals surface area contributed by atoms with Crippen molar-refractivity contribution < 1.29 is 19.1 Å². The van der Waals surface area contributed by atoms with Gasteiger partial charge in [0.05, 0.1) is 20.8 Å². The summed E-state index contributed by atoms with van der Waals surface area (Å²) < 4.78 is 10.8. The molecule has 1 aromatic heterocycles. The van der Waals surface area contributed by atoms with E-state index < -0.39 is 0 Å². The fourth-order valence-corrected chi connectivity index (χ4v) is 5.76. The fourth-order valence-electron chi connectivity index (χ4n) is 4.85. The van der Waals surface area contributed by atoms with E-state index in [4.69, 9.17) is 9.47 Å². The monoisotopic (exact) mass is 578 g/mol. The highest BCUT2D eigenvalue weighted by Gasteiger charge is 2.24. The van der Waals surface area contributed by atoms with Gasteiger partial charge in [0.15, 0.2) is 11.5 Å². The number of thiophene rings is 1. The Morgan fingerprint density at radius 2 is 1.56 bits per heavy atom. The van der Waals surface area contributed by atoms with Crippen LogP contribution in [-0.2, 0) is 24.2 Å². The van der Waals surface area contributed by atoms with Crippen molar-refractivity contribution in [3.8, 4) is 11.5 Å². The number of aryl methyl sites for hydroxylation is 2. The normalized spacial score (nSPS) is 11.0. The minimum Gasteiger partial charge on any atom is -0.493 e. The van der Waals surface area contributed by atoms with Crippen LogP contribution in [0.15, 0.2) is 54.6 Å². The molecule has 0 aliphatic carbocycles. The van der Waals surface area contributed by atoms with Gasteiger partial charge in [0.25, 0.3) is 5.91 Å². The molecule has 2 aromatic carbocycles. The highest BCUT2D eigenvalue weighted by molar-refractivity contribution is 7.11. The van der Waals surface area contributed by atoms with Gasteiger partial charge in [-0.05, 0) is 79.6 Å². The van der Waals surface area contributed by atoms with Gasteiger partial charge in [-0.25, -0.2) is 0 Å². The summed E-state index contributed by atoms with van der Waals surface area (Å²) in [5.74, 6) is 1.43. The molecule has 0 aliphatic rings. The van der Waals surface area contributed by atoms with Crippen molar-refractivity contribution in [2.24, 2.45) is 5.92 Å². The molecule has 0 aliphatic heterocycles. The lowest BCUT2D eigenvalue weighted by Gasteiger charge is -2.29. The molecular weight excluding hydrogens is 532 g/mol. The summed E-state index contributed by atoms with van der Waals surface area (Å²) in [4.78, 5) is 33.4. The smallest absolute Gasteiger partial charge is 0.254 e. The standard InChI is InChI=1S/C34H46N2O4S/c1-7-8-9-10-27-12-15-29(16-13-27)34(38)36(22-25(2)3)24-33(37)35(23-30-17-11-26(4)41-30)20-19-28-14-18-31(39-5)32(21-28)40-6/h11-18,21,25H,7-10,19-20,22-24H2,1-6H3. The van der Waals surface area contributed by atoms with E-state index in [2.05, 4.69) is 39.8 Å². The predicted octanol–water partition coefficient (Wildman–Crippen LogP) is 7.18. The number of carbonyl (C=O) groups is 2. The summed E-state index contributed by atoms with van der Waals surface area (Å²) in [5, 5.41) is 0. The topological polar surface area (TPSA) is 59.1 Å². The maximum absolute atomic E-state index is 13.8. The number of hydrogen-bond donors (Lipinski definition) is 0. The molecule has 6 nitrogen and oxygen atoms in total. The van der Waals surface area contributed by atoms with Crippen molar-refractivity contribution >= 4 is 23.2 Å². The van der Waals surface area contributed by atoms with Gasteiger partial charge < -0.3 is 19.3 Å². The minimum atomic E-state index is -0.0982. The molecule has 3 aromatic rings. The summed E-state index contributed by atoms with van der Waals surface area (Å²) in [5.41, 5.74) is 2.93. The molecule has 3 rings (SSSR count). The minimum absolute atomic E-state index is 0.0472. The van der Waals surface area contributed by atoms with Crippen molar-refractivity contribution in [3.63, 3.8) is 0 Å². The quantitative estimate of drug-likeness (QED) is 0.169. The lowest BCUT2D eigenvalue weighted by molar-refractivity contribution is -0.132. The Kier molecular flexibility index (Phi) is 12.7. The zero-order valence-corrected chi connectivity index (χ0v) is 26.4. The lowest BCUT2D eigenvalue weighted by atomic mass is 10.0. The van der Waals surface area contributed by atoms with Crippen molar-refractivity contribution in [3.05, 3.63) is 81.0 Å². The Bertz CT molecular complexity index is 1250. The maximum Gasteiger partial charge on any atom is 0.254 e. The average molecular weight is 579 g/mol. The molecule has 222 valence electrons. The highest BCUT2D eigenvalue weighted by atomic mass is 32.1. The molecule has 2 amide bonds. The van der Waals surface area contributed by atoms with E-state index in [0.29, 0.717) is 43.1 Å². The number of amides is 2. The van der Waals surface area contributed by atoms with Crippen LogP contribution in [0.5, 0.6) is 11.5 Å². The van der Waals surface area contributed by atoms with Gasteiger partial charge in [-0.1, -0.05) is 51.8 Å². The molecule has 0 saturated heterocycles. The molecule has 0 N–H and O–H groups in total. The van der Waals surface area contributed by atoms with Gasteiger partial charge in [0, 0.05) is 28.4 Å². The first-order valence-electron chi connectivity index (χ1n) is 14.7. The summed E-state index contributed by atoms with van der Waals surface area (Å²) in [6.45, 7) is 10.0. The fraction of sp³-hybridized carbons (Fsp3) is 0.471. The number of unbranched alkanes of at least 4 members (excludes halogenated alkanes) is 2. The molecule has 0 spiro atoms. The van der Waals surface area contributed by atoms with E-state index in [9.17, 15) is 9.59 Å². The summed E-state index contributed by atoms with van der Waals surface area (Å²) in [6.07, 6.45) is 5.23. The number of carbonyl (C=O) groups excluding carboxylic acids is 2. The SMILES string of the molecule is CCCCCc1ccc(C(=O)N(CC(=O)N(CCc2ccc(OC)c(OC)c2)Cc2ccc(C)s2)CC(C)C)cc1. The number of benzene rings is 2.